The maximum atomic E-state index is 11.4. The van der Waals surface area contributed by atoms with Gasteiger partial charge in [-0.1, -0.05) is 11.8 Å². The summed E-state index contributed by atoms with van der Waals surface area (Å²) < 4.78 is 6.33. The fraction of sp³-hybridized carbons (Fsp3) is 0.231. The van der Waals surface area contributed by atoms with E-state index in [1.54, 1.807) is 49.4 Å². The van der Waals surface area contributed by atoms with Crippen molar-refractivity contribution in [1.82, 2.24) is 4.98 Å². The molecule has 0 amide bonds. The molecule has 0 spiro atoms. The van der Waals surface area contributed by atoms with Gasteiger partial charge in [0.1, 0.15) is 10.1 Å². The Balaban J connectivity index is 2.18. The first-order valence-electron chi connectivity index (χ1n) is 5.41. The fourth-order valence-electron chi connectivity index (χ4n) is 1.53. The molecule has 0 radical (unpaired) electrons. The summed E-state index contributed by atoms with van der Waals surface area (Å²) in [6.45, 7) is 1.57. The third-order valence-corrected chi connectivity index (χ3v) is 4.46. The van der Waals surface area contributed by atoms with Crippen molar-refractivity contribution in [3.63, 3.8) is 0 Å². The number of carbonyl (C=O) groups excluding carboxylic acids is 1. The largest absolute Gasteiger partial charge is 0.496 e. The Hall–Kier alpha value is -1.33. The summed E-state index contributed by atoms with van der Waals surface area (Å²) in [5.41, 5.74) is 1.73. The van der Waals surface area contributed by atoms with Crippen LogP contribution in [0.3, 0.4) is 0 Å². The molecule has 0 aliphatic rings. The molecule has 2 rings (SSSR count). The first-order chi connectivity index (χ1) is 8.70. The van der Waals surface area contributed by atoms with Gasteiger partial charge >= 0.3 is 0 Å². The van der Waals surface area contributed by atoms with Crippen LogP contribution in [-0.2, 0) is 5.75 Å². The summed E-state index contributed by atoms with van der Waals surface area (Å²) in [4.78, 5) is 15.6. The van der Waals surface area contributed by atoms with Crippen LogP contribution in [0.4, 0.5) is 0 Å². The normalized spacial score (nSPS) is 10.3. The van der Waals surface area contributed by atoms with Gasteiger partial charge in [0.15, 0.2) is 5.78 Å². The van der Waals surface area contributed by atoms with Crippen LogP contribution in [0, 0.1) is 0 Å². The first-order valence-corrected chi connectivity index (χ1v) is 7.27. The van der Waals surface area contributed by atoms with Crippen molar-refractivity contribution in [2.45, 2.75) is 17.0 Å². The van der Waals surface area contributed by atoms with E-state index in [9.17, 15) is 4.79 Å². The van der Waals surface area contributed by atoms with E-state index in [0.717, 1.165) is 21.4 Å². The quantitative estimate of drug-likeness (QED) is 0.618. The number of Topliss-reactive ketones (excluding diaryl/α,β-unsaturated/α-hetero) is 1. The Bertz CT molecular complexity index is 538. The summed E-state index contributed by atoms with van der Waals surface area (Å²) >= 11 is 3.26. The number of nitrogens with zero attached hydrogens (tertiary/aromatic N) is 1. The van der Waals surface area contributed by atoms with Crippen molar-refractivity contribution in [2.24, 2.45) is 0 Å². The molecule has 18 heavy (non-hydrogen) atoms. The van der Waals surface area contributed by atoms with E-state index < -0.39 is 0 Å². The Kier molecular flexibility index (Phi) is 4.38. The highest BCUT2D eigenvalue weighted by molar-refractivity contribution is 8.00. The van der Waals surface area contributed by atoms with Crippen LogP contribution in [0.25, 0.3) is 0 Å². The van der Waals surface area contributed by atoms with E-state index in [0.29, 0.717) is 5.56 Å². The van der Waals surface area contributed by atoms with Gasteiger partial charge in [-0.05, 0) is 25.1 Å². The highest BCUT2D eigenvalue weighted by Crippen LogP contribution is 2.29. The molecule has 0 saturated carbocycles. The Morgan fingerprint density at radius 1 is 1.50 bits per heavy atom. The second kappa shape index (κ2) is 6.02. The molecule has 94 valence electrons. The van der Waals surface area contributed by atoms with Crippen molar-refractivity contribution < 1.29 is 9.53 Å². The molecule has 1 aromatic carbocycles. The standard InChI is InChI=1S/C13H13NO2S2/c1-9(15)10-3-4-12(16-2)11(7-10)8-18-13-14-5-6-17-13/h3-7H,8H2,1-2H3. The van der Waals surface area contributed by atoms with Crippen molar-refractivity contribution >= 4 is 28.9 Å². The third kappa shape index (κ3) is 3.11. The van der Waals surface area contributed by atoms with E-state index in [2.05, 4.69) is 4.98 Å². The molecular formula is C13H13NO2S2. The third-order valence-electron chi connectivity index (χ3n) is 2.45. The van der Waals surface area contributed by atoms with Crippen LogP contribution in [0.15, 0.2) is 34.1 Å². The number of carbonyl (C=O) groups is 1. The topological polar surface area (TPSA) is 39.2 Å². The van der Waals surface area contributed by atoms with Gasteiger partial charge in [0.25, 0.3) is 0 Å². The van der Waals surface area contributed by atoms with Crippen molar-refractivity contribution in [2.75, 3.05) is 7.11 Å². The lowest BCUT2D eigenvalue weighted by Crippen LogP contribution is -1.96. The number of thiazole rings is 1. The molecule has 0 bridgehead atoms. The highest BCUT2D eigenvalue weighted by Gasteiger charge is 2.08. The predicted molar refractivity (Wildman–Crippen MR) is 74.7 cm³/mol. The molecule has 1 heterocycles. The second-order valence-electron chi connectivity index (χ2n) is 3.67. The molecule has 0 aliphatic carbocycles. The van der Waals surface area contributed by atoms with Crippen molar-refractivity contribution in [3.05, 3.63) is 40.9 Å². The van der Waals surface area contributed by atoms with Crippen LogP contribution in [0.5, 0.6) is 5.75 Å². The number of benzene rings is 1. The van der Waals surface area contributed by atoms with Crippen LogP contribution in [-0.4, -0.2) is 17.9 Å². The Labute approximate surface area is 114 Å². The van der Waals surface area contributed by atoms with Gasteiger partial charge in [0, 0.05) is 28.5 Å². The van der Waals surface area contributed by atoms with Crippen LogP contribution < -0.4 is 4.74 Å². The zero-order chi connectivity index (χ0) is 13.0. The maximum absolute atomic E-state index is 11.4. The molecule has 1 aromatic heterocycles. The minimum atomic E-state index is 0.0677. The molecule has 0 atom stereocenters. The van der Waals surface area contributed by atoms with Gasteiger partial charge in [-0.25, -0.2) is 4.98 Å². The lowest BCUT2D eigenvalue weighted by molar-refractivity contribution is 0.101. The van der Waals surface area contributed by atoms with Gasteiger partial charge in [0.2, 0.25) is 0 Å². The van der Waals surface area contributed by atoms with Gasteiger partial charge < -0.3 is 4.74 Å². The van der Waals surface area contributed by atoms with Gasteiger partial charge in [-0.2, -0.15) is 0 Å². The Morgan fingerprint density at radius 3 is 2.94 bits per heavy atom. The van der Waals surface area contributed by atoms with Crippen LogP contribution in [0.2, 0.25) is 0 Å². The first kappa shape index (κ1) is 13.1. The minimum absolute atomic E-state index is 0.0677. The number of methoxy groups -OCH3 is 1. The molecule has 3 nitrogen and oxygen atoms in total. The zero-order valence-electron chi connectivity index (χ0n) is 10.2. The minimum Gasteiger partial charge on any atom is -0.496 e. The lowest BCUT2D eigenvalue weighted by Gasteiger charge is -2.08. The number of hydrogen-bond donors (Lipinski definition) is 0. The number of thioether (sulfide) groups is 1. The molecule has 0 unspecified atom stereocenters. The average molecular weight is 279 g/mol. The smallest absolute Gasteiger partial charge is 0.159 e. The van der Waals surface area contributed by atoms with Crippen LogP contribution in [0.1, 0.15) is 22.8 Å². The number of ketones is 1. The SMILES string of the molecule is COc1ccc(C(C)=O)cc1CSc1nccs1. The Morgan fingerprint density at radius 2 is 2.33 bits per heavy atom. The van der Waals surface area contributed by atoms with Gasteiger partial charge in [0.05, 0.1) is 7.11 Å². The molecule has 0 fully saturated rings. The average Bonchev–Trinajstić information content (AvgIpc) is 2.89. The zero-order valence-corrected chi connectivity index (χ0v) is 11.8. The monoisotopic (exact) mass is 279 g/mol. The molecular weight excluding hydrogens is 266 g/mol. The van der Waals surface area contributed by atoms with Crippen molar-refractivity contribution in [1.29, 1.82) is 0 Å². The summed E-state index contributed by atoms with van der Waals surface area (Å²) in [5.74, 6) is 1.62. The summed E-state index contributed by atoms with van der Waals surface area (Å²) in [6, 6.07) is 5.52. The molecule has 2 aromatic rings. The molecule has 0 aliphatic heterocycles. The number of ether oxygens (including phenoxy) is 1. The second-order valence-corrected chi connectivity index (χ2v) is 5.79. The maximum Gasteiger partial charge on any atom is 0.159 e. The number of rotatable bonds is 5. The van der Waals surface area contributed by atoms with Gasteiger partial charge in [-0.15, -0.1) is 11.3 Å². The van der Waals surface area contributed by atoms with Gasteiger partial charge in [-0.3, -0.25) is 4.79 Å². The molecule has 5 heteroatoms. The van der Waals surface area contributed by atoms with E-state index in [1.807, 2.05) is 17.5 Å². The number of aromatic nitrogens is 1. The highest BCUT2D eigenvalue weighted by atomic mass is 32.2. The van der Waals surface area contributed by atoms with E-state index >= 15 is 0 Å². The molecule has 0 saturated heterocycles. The van der Waals surface area contributed by atoms with E-state index in [1.165, 1.54) is 0 Å². The predicted octanol–water partition coefficient (Wildman–Crippen LogP) is 3.65. The van der Waals surface area contributed by atoms with E-state index in [-0.39, 0.29) is 5.78 Å². The molecule has 0 N–H and O–H groups in total. The summed E-state index contributed by atoms with van der Waals surface area (Å²) in [6.07, 6.45) is 1.79. The summed E-state index contributed by atoms with van der Waals surface area (Å²) in [7, 11) is 1.64. The van der Waals surface area contributed by atoms with Crippen LogP contribution >= 0.6 is 23.1 Å². The summed E-state index contributed by atoms with van der Waals surface area (Å²) in [5, 5.41) is 1.95. The number of hydrogen-bond acceptors (Lipinski definition) is 5. The van der Waals surface area contributed by atoms with E-state index in [4.69, 9.17) is 4.74 Å². The fourth-order valence-corrected chi connectivity index (χ4v) is 3.15. The lowest BCUT2D eigenvalue weighted by atomic mass is 10.1. The van der Waals surface area contributed by atoms with Crippen molar-refractivity contribution in [3.8, 4) is 5.75 Å².